The molecule has 0 aromatic rings. The molecule has 0 radical (unpaired) electrons. The number of carboxylic acids is 2. The Hall–Kier alpha value is -3.96. The lowest BCUT2D eigenvalue weighted by Gasteiger charge is -2.29. The number of unbranched alkanes of at least 4 members (excludes halogenated alkanes) is 5. The quantitative estimate of drug-likeness (QED) is 0.0390. The van der Waals surface area contributed by atoms with Crippen molar-refractivity contribution in [1.82, 2.24) is 0 Å². The Kier molecular flexibility index (Phi) is 33.1. The third-order valence-electron chi connectivity index (χ3n) is 7.16. The molecule has 276 valence electrons. The van der Waals surface area contributed by atoms with E-state index < -0.39 is 17.4 Å². The third-order valence-corrected chi connectivity index (χ3v) is 7.16. The van der Waals surface area contributed by atoms with E-state index >= 15 is 0 Å². The summed E-state index contributed by atoms with van der Waals surface area (Å²) >= 11 is 0. The molecule has 0 bridgehead atoms. The fraction of sp³-hybridized carbons (Fsp3) is 0.667. The van der Waals surface area contributed by atoms with E-state index in [0.717, 1.165) is 51.4 Å². The van der Waals surface area contributed by atoms with Crippen molar-refractivity contribution in [3.63, 3.8) is 0 Å². The molecule has 0 saturated carbocycles. The first-order chi connectivity index (χ1) is 23.2. The van der Waals surface area contributed by atoms with Crippen molar-refractivity contribution in [3.05, 3.63) is 51.4 Å². The normalized spacial score (nSPS) is 10.3. The Morgan fingerprint density at radius 1 is 0.458 bits per heavy atom. The number of esters is 2. The standard InChI is InChI=1S/2C18H30O6/c1-3-23-14-7-5-11-18(17(21)22,13-9-10-16(19)20)12-6-8-15-24-4-2;1-3-21-13-7-9-15-23-17(19)11-5-6-12-18(20)24-16-10-8-14-22-4-2/h3-4H,1-2,5-15H2,(H,19,20)(H,21,22);3-4H,1-2,5-16H2. The SMILES string of the molecule is C=COCCCCC(CCCCOC=C)(CCCC(=O)O)C(=O)O.C=COCCCCOC(=O)CCCCC(=O)OCCCCOC=C. The summed E-state index contributed by atoms with van der Waals surface area (Å²) in [5.74, 6) is -2.19. The second-order valence-electron chi connectivity index (χ2n) is 11.0. The van der Waals surface area contributed by atoms with Gasteiger partial charge in [-0.15, -0.1) is 0 Å². The fourth-order valence-corrected chi connectivity index (χ4v) is 4.53. The van der Waals surface area contributed by atoms with Crippen LogP contribution in [0.25, 0.3) is 0 Å². The summed E-state index contributed by atoms with van der Waals surface area (Å²) in [4.78, 5) is 45.6. The smallest absolute Gasteiger partial charge is 0.309 e. The zero-order valence-corrected chi connectivity index (χ0v) is 28.9. The molecule has 0 unspecified atom stereocenters. The van der Waals surface area contributed by atoms with E-state index in [1.165, 1.54) is 25.0 Å². The first kappa shape index (κ1) is 46.2. The van der Waals surface area contributed by atoms with Gasteiger partial charge in [-0.25, -0.2) is 0 Å². The molecule has 48 heavy (non-hydrogen) atoms. The van der Waals surface area contributed by atoms with E-state index in [2.05, 4.69) is 26.3 Å². The van der Waals surface area contributed by atoms with Gasteiger partial charge in [-0.3, -0.25) is 19.2 Å². The summed E-state index contributed by atoms with van der Waals surface area (Å²) in [6.07, 6.45) is 15.3. The minimum atomic E-state index is -0.895. The van der Waals surface area contributed by atoms with Gasteiger partial charge in [0.1, 0.15) is 0 Å². The topological polar surface area (TPSA) is 164 Å². The Labute approximate surface area is 287 Å². The molecule has 0 rings (SSSR count). The van der Waals surface area contributed by atoms with Crippen LogP contribution >= 0.6 is 0 Å². The monoisotopic (exact) mass is 684 g/mol. The lowest BCUT2D eigenvalue weighted by Crippen LogP contribution is -2.31. The predicted octanol–water partition coefficient (Wildman–Crippen LogP) is 7.49. The zero-order chi connectivity index (χ0) is 36.1. The lowest BCUT2D eigenvalue weighted by atomic mass is 9.74. The zero-order valence-electron chi connectivity index (χ0n) is 28.9. The molecule has 0 aliphatic heterocycles. The Morgan fingerprint density at radius 3 is 1.12 bits per heavy atom. The van der Waals surface area contributed by atoms with Crippen LogP contribution in [-0.4, -0.2) is 73.7 Å². The minimum absolute atomic E-state index is 0.00577. The van der Waals surface area contributed by atoms with E-state index in [1.807, 2.05) is 0 Å². The summed E-state index contributed by atoms with van der Waals surface area (Å²) in [7, 11) is 0. The molecule has 0 aromatic carbocycles. The second kappa shape index (κ2) is 34.4. The maximum Gasteiger partial charge on any atom is 0.309 e. The van der Waals surface area contributed by atoms with Gasteiger partial charge in [0.25, 0.3) is 0 Å². The van der Waals surface area contributed by atoms with Crippen molar-refractivity contribution >= 4 is 23.9 Å². The number of rotatable bonds is 34. The molecule has 0 amide bonds. The highest BCUT2D eigenvalue weighted by Gasteiger charge is 2.36. The number of carbonyl (C=O) groups excluding carboxylic acids is 2. The third kappa shape index (κ3) is 30.7. The Morgan fingerprint density at radius 2 is 0.792 bits per heavy atom. The van der Waals surface area contributed by atoms with E-state index in [0.29, 0.717) is 91.0 Å². The molecule has 12 nitrogen and oxygen atoms in total. The van der Waals surface area contributed by atoms with Gasteiger partial charge in [0.15, 0.2) is 0 Å². The molecule has 0 fully saturated rings. The largest absolute Gasteiger partial charge is 0.502 e. The number of ether oxygens (including phenoxy) is 6. The van der Waals surface area contributed by atoms with Crippen LogP contribution in [0.5, 0.6) is 0 Å². The van der Waals surface area contributed by atoms with Crippen LogP contribution in [0.2, 0.25) is 0 Å². The van der Waals surface area contributed by atoms with Crippen LogP contribution in [0.1, 0.15) is 109 Å². The van der Waals surface area contributed by atoms with Gasteiger partial charge in [0.05, 0.1) is 70.1 Å². The summed E-state index contributed by atoms with van der Waals surface area (Å²) < 4.78 is 30.2. The minimum Gasteiger partial charge on any atom is -0.502 e. The van der Waals surface area contributed by atoms with Gasteiger partial charge in [0, 0.05) is 19.3 Å². The number of hydrogen-bond donors (Lipinski definition) is 2. The van der Waals surface area contributed by atoms with Gasteiger partial charge in [-0.1, -0.05) is 26.3 Å². The number of carbonyl (C=O) groups is 4. The van der Waals surface area contributed by atoms with Crippen LogP contribution in [0.4, 0.5) is 0 Å². The van der Waals surface area contributed by atoms with Crippen LogP contribution in [-0.2, 0) is 47.6 Å². The van der Waals surface area contributed by atoms with Crippen LogP contribution in [0.15, 0.2) is 51.4 Å². The van der Waals surface area contributed by atoms with Gasteiger partial charge >= 0.3 is 23.9 Å². The van der Waals surface area contributed by atoms with Crippen molar-refractivity contribution in [2.24, 2.45) is 5.41 Å². The molecule has 0 aliphatic rings. The summed E-state index contributed by atoms with van der Waals surface area (Å²) in [6.45, 7) is 16.8. The molecule has 0 heterocycles. The number of hydrogen-bond acceptors (Lipinski definition) is 10. The highest BCUT2D eigenvalue weighted by atomic mass is 16.5. The molecule has 0 atom stereocenters. The second-order valence-corrected chi connectivity index (χ2v) is 11.0. The van der Waals surface area contributed by atoms with E-state index in [1.54, 1.807) is 0 Å². The maximum atomic E-state index is 11.9. The van der Waals surface area contributed by atoms with E-state index in [9.17, 15) is 24.3 Å². The first-order valence-corrected chi connectivity index (χ1v) is 16.9. The van der Waals surface area contributed by atoms with Crippen molar-refractivity contribution in [2.45, 2.75) is 109 Å². The molecular weight excluding hydrogens is 624 g/mol. The van der Waals surface area contributed by atoms with Crippen LogP contribution in [0.3, 0.4) is 0 Å². The summed E-state index contributed by atoms with van der Waals surface area (Å²) in [5, 5.41) is 18.5. The molecule has 0 spiro atoms. The average molecular weight is 685 g/mol. The van der Waals surface area contributed by atoms with Gasteiger partial charge in [-0.05, 0) is 89.9 Å². The average Bonchev–Trinajstić information content (AvgIpc) is 3.05. The van der Waals surface area contributed by atoms with Crippen LogP contribution in [0, 0.1) is 5.41 Å². The molecule has 2 N–H and O–H groups in total. The molecule has 12 heteroatoms. The fourth-order valence-electron chi connectivity index (χ4n) is 4.53. The summed E-state index contributed by atoms with van der Waals surface area (Å²) in [6, 6.07) is 0. The predicted molar refractivity (Wildman–Crippen MR) is 183 cm³/mol. The Balaban J connectivity index is 0. The summed E-state index contributed by atoms with van der Waals surface area (Å²) in [5.41, 5.74) is -0.877. The van der Waals surface area contributed by atoms with Gasteiger partial charge < -0.3 is 38.6 Å². The van der Waals surface area contributed by atoms with Gasteiger partial charge in [-0.2, -0.15) is 0 Å². The highest BCUT2D eigenvalue weighted by molar-refractivity contribution is 5.74. The molecule has 0 aliphatic carbocycles. The number of carboxylic acid groups (broad SMARTS) is 2. The molecule has 0 aromatic heterocycles. The van der Waals surface area contributed by atoms with Gasteiger partial charge in [0.2, 0.25) is 0 Å². The van der Waals surface area contributed by atoms with E-state index in [-0.39, 0.29) is 18.4 Å². The van der Waals surface area contributed by atoms with E-state index in [4.69, 9.17) is 33.5 Å². The van der Waals surface area contributed by atoms with Crippen molar-refractivity contribution in [1.29, 1.82) is 0 Å². The highest BCUT2D eigenvalue weighted by Crippen LogP contribution is 2.37. The first-order valence-electron chi connectivity index (χ1n) is 16.9. The van der Waals surface area contributed by atoms with Crippen molar-refractivity contribution in [3.8, 4) is 0 Å². The van der Waals surface area contributed by atoms with Crippen molar-refractivity contribution < 1.29 is 57.8 Å². The number of aliphatic carboxylic acids is 2. The Bertz CT molecular complexity index is 834. The lowest BCUT2D eigenvalue weighted by molar-refractivity contribution is -0.151. The molecule has 0 saturated heterocycles. The molecular formula is C36H60O12. The van der Waals surface area contributed by atoms with Crippen molar-refractivity contribution in [2.75, 3.05) is 39.6 Å². The maximum absolute atomic E-state index is 11.9. The van der Waals surface area contributed by atoms with Crippen LogP contribution < -0.4 is 0 Å².